The van der Waals surface area contributed by atoms with E-state index < -0.39 is 6.09 Å². The lowest BCUT2D eigenvalue weighted by molar-refractivity contribution is 0.132. The van der Waals surface area contributed by atoms with E-state index in [0.717, 1.165) is 42.6 Å². The third-order valence-electron chi connectivity index (χ3n) is 7.15. The molecule has 12 nitrogen and oxygen atoms in total. The molecule has 0 spiro atoms. The third-order valence-corrected chi connectivity index (χ3v) is 7.15. The minimum atomic E-state index is -0.870. The molecule has 192 valence electrons. The molecular formula is C25H29N9O3. The Morgan fingerprint density at radius 3 is 2.35 bits per heavy atom. The number of aromatic nitrogens is 7. The van der Waals surface area contributed by atoms with Gasteiger partial charge >= 0.3 is 6.09 Å². The fraction of sp³-hybridized carbons (Fsp3) is 0.480. The maximum Gasteiger partial charge on any atom is 0.407 e. The fourth-order valence-electron chi connectivity index (χ4n) is 4.99. The molecule has 1 saturated carbocycles. The van der Waals surface area contributed by atoms with Gasteiger partial charge in [0, 0.05) is 31.4 Å². The molecule has 4 aromatic rings. The number of nitrogen functional groups attached to an aromatic ring is 1. The van der Waals surface area contributed by atoms with Gasteiger partial charge in [-0.1, -0.05) is 5.16 Å². The van der Waals surface area contributed by atoms with Gasteiger partial charge in [-0.3, -0.25) is 0 Å². The number of hydrogen-bond donors (Lipinski definition) is 2. The van der Waals surface area contributed by atoms with Crippen LogP contribution in [0.25, 0.3) is 33.8 Å². The Kier molecular flexibility index (Phi) is 5.35. The number of hydrogen-bond acceptors (Lipinski definition) is 9. The van der Waals surface area contributed by atoms with Crippen molar-refractivity contribution in [3.8, 4) is 22.8 Å². The third kappa shape index (κ3) is 4.05. The van der Waals surface area contributed by atoms with Gasteiger partial charge in [-0.05, 0) is 57.9 Å². The summed E-state index contributed by atoms with van der Waals surface area (Å²) in [5, 5.41) is 19.2. The van der Waals surface area contributed by atoms with E-state index in [9.17, 15) is 9.90 Å². The van der Waals surface area contributed by atoms with Crippen LogP contribution in [0.15, 0.2) is 23.2 Å². The molecule has 12 heteroatoms. The molecule has 0 radical (unpaired) electrons. The summed E-state index contributed by atoms with van der Waals surface area (Å²) in [6, 6.07) is 0. The SMILES string of the molecule is CC(C)(C)n1nc(-c2noc(C3CC3)c2-c2ncc(C3CCN(C(=O)O)CC3)cn2)c2c(N)ncnc21. The standard InChI is InChI=1S/C25H29N9O3/c1-25(2,3)34-23-17(21(26)29-12-30-23)18(31-34)19-16(20(37-32-19)14-4-5-14)22-27-10-15(11-28-22)13-6-8-33(9-7-13)24(35)36/h10-14H,4-9H2,1-3H3,(H,35,36)(H2,26,29,30). The van der Waals surface area contributed by atoms with Gasteiger partial charge in [-0.25, -0.2) is 29.4 Å². The van der Waals surface area contributed by atoms with Crippen LogP contribution < -0.4 is 5.73 Å². The lowest BCUT2D eigenvalue weighted by Gasteiger charge is -2.29. The molecule has 0 atom stereocenters. The highest BCUT2D eigenvalue weighted by molar-refractivity contribution is 6.00. The summed E-state index contributed by atoms with van der Waals surface area (Å²) in [7, 11) is 0. The zero-order valence-corrected chi connectivity index (χ0v) is 21.0. The highest BCUT2D eigenvalue weighted by atomic mass is 16.5. The summed E-state index contributed by atoms with van der Waals surface area (Å²) in [6.07, 6.45) is 7.76. The molecular weight excluding hydrogens is 474 g/mol. The molecule has 2 fully saturated rings. The topological polar surface area (TPSA) is 162 Å². The largest absolute Gasteiger partial charge is 0.465 e. The first kappa shape index (κ1) is 23.3. The van der Waals surface area contributed by atoms with Gasteiger partial charge in [0.2, 0.25) is 0 Å². The quantitative estimate of drug-likeness (QED) is 0.416. The first-order chi connectivity index (χ1) is 17.7. The van der Waals surface area contributed by atoms with Crippen molar-refractivity contribution in [2.45, 2.75) is 63.8 Å². The number of amides is 1. The van der Waals surface area contributed by atoms with E-state index in [0.29, 0.717) is 47.2 Å². The molecule has 37 heavy (non-hydrogen) atoms. The van der Waals surface area contributed by atoms with Crippen molar-refractivity contribution < 1.29 is 14.4 Å². The van der Waals surface area contributed by atoms with Crippen LogP contribution in [-0.2, 0) is 5.54 Å². The highest BCUT2D eigenvalue weighted by Gasteiger charge is 2.36. The minimum absolute atomic E-state index is 0.220. The normalized spacial score (nSPS) is 17.0. The van der Waals surface area contributed by atoms with E-state index in [4.69, 9.17) is 25.3 Å². The summed E-state index contributed by atoms with van der Waals surface area (Å²) in [6.45, 7) is 7.16. The van der Waals surface area contributed by atoms with Crippen LogP contribution in [0, 0.1) is 0 Å². The molecule has 0 aromatic carbocycles. The summed E-state index contributed by atoms with van der Waals surface area (Å²) in [5.74, 6) is 2.08. The van der Waals surface area contributed by atoms with Gasteiger partial charge in [0.15, 0.2) is 17.2 Å². The number of piperidine rings is 1. The predicted molar refractivity (Wildman–Crippen MR) is 135 cm³/mol. The van der Waals surface area contributed by atoms with Crippen molar-refractivity contribution >= 4 is 22.9 Å². The first-order valence-electron chi connectivity index (χ1n) is 12.5. The van der Waals surface area contributed by atoms with Crippen LogP contribution in [0.3, 0.4) is 0 Å². The number of rotatable bonds is 4. The smallest absolute Gasteiger partial charge is 0.407 e. The molecule has 2 aliphatic rings. The first-order valence-corrected chi connectivity index (χ1v) is 12.5. The van der Waals surface area contributed by atoms with Crippen LogP contribution in [0.2, 0.25) is 0 Å². The number of likely N-dealkylation sites (tertiary alicyclic amines) is 1. The second-order valence-electron chi connectivity index (χ2n) is 10.8. The Balaban J connectivity index is 1.42. The number of carbonyl (C=O) groups is 1. The van der Waals surface area contributed by atoms with E-state index in [-0.39, 0.29) is 17.4 Å². The molecule has 6 rings (SSSR count). The van der Waals surface area contributed by atoms with E-state index in [1.807, 2.05) is 37.8 Å². The Morgan fingerprint density at radius 1 is 1.03 bits per heavy atom. The van der Waals surface area contributed by atoms with Gasteiger partial charge in [0.1, 0.15) is 23.5 Å². The Morgan fingerprint density at radius 2 is 1.73 bits per heavy atom. The average Bonchev–Trinajstić information content (AvgIpc) is 3.49. The second-order valence-corrected chi connectivity index (χ2v) is 10.8. The number of anilines is 1. The molecule has 0 bridgehead atoms. The van der Waals surface area contributed by atoms with Crippen molar-refractivity contribution in [1.82, 2.24) is 39.8 Å². The van der Waals surface area contributed by atoms with Gasteiger partial charge in [-0.15, -0.1) is 0 Å². The molecule has 1 aliphatic carbocycles. The molecule has 1 saturated heterocycles. The fourth-order valence-corrected chi connectivity index (χ4v) is 4.99. The molecule has 3 N–H and O–H groups in total. The van der Waals surface area contributed by atoms with Crippen LogP contribution >= 0.6 is 0 Å². The number of fused-ring (bicyclic) bond motifs is 1. The number of nitrogens with zero attached hydrogens (tertiary/aromatic N) is 8. The van der Waals surface area contributed by atoms with Crippen molar-refractivity contribution in [2.75, 3.05) is 18.8 Å². The Labute approximate surface area is 212 Å². The highest BCUT2D eigenvalue weighted by Crippen LogP contribution is 2.48. The van der Waals surface area contributed by atoms with Crippen LogP contribution in [0.1, 0.15) is 69.6 Å². The van der Waals surface area contributed by atoms with Crippen molar-refractivity contribution in [3.63, 3.8) is 0 Å². The lowest BCUT2D eigenvalue weighted by Crippen LogP contribution is -2.36. The summed E-state index contributed by atoms with van der Waals surface area (Å²) in [5.41, 5.74) is 9.38. The number of nitrogens with two attached hydrogens (primary N) is 1. The van der Waals surface area contributed by atoms with Gasteiger partial charge in [0.05, 0.1) is 16.5 Å². The number of carboxylic acid groups (broad SMARTS) is 1. The summed E-state index contributed by atoms with van der Waals surface area (Å²) >= 11 is 0. The Bertz CT molecular complexity index is 1470. The summed E-state index contributed by atoms with van der Waals surface area (Å²) in [4.78, 5) is 30.8. The molecule has 1 amide bonds. The zero-order chi connectivity index (χ0) is 25.9. The minimum Gasteiger partial charge on any atom is -0.465 e. The maximum absolute atomic E-state index is 11.2. The lowest BCUT2D eigenvalue weighted by atomic mass is 9.91. The van der Waals surface area contributed by atoms with Crippen molar-refractivity contribution in [1.29, 1.82) is 0 Å². The monoisotopic (exact) mass is 503 g/mol. The Hall–Kier alpha value is -4.09. The van der Waals surface area contributed by atoms with Gasteiger partial charge in [0.25, 0.3) is 0 Å². The van der Waals surface area contributed by atoms with Gasteiger partial charge in [-0.2, -0.15) is 5.10 Å². The van der Waals surface area contributed by atoms with Crippen LogP contribution in [0.5, 0.6) is 0 Å². The van der Waals surface area contributed by atoms with Crippen molar-refractivity contribution in [2.24, 2.45) is 0 Å². The molecule has 5 heterocycles. The average molecular weight is 504 g/mol. The van der Waals surface area contributed by atoms with E-state index in [2.05, 4.69) is 15.1 Å². The molecule has 4 aromatic heterocycles. The zero-order valence-electron chi connectivity index (χ0n) is 21.0. The van der Waals surface area contributed by atoms with Gasteiger partial charge < -0.3 is 20.3 Å². The van der Waals surface area contributed by atoms with Crippen LogP contribution in [-0.4, -0.2) is 64.1 Å². The maximum atomic E-state index is 11.2. The predicted octanol–water partition coefficient (Wildman–Crippen LogP) is 4.01. The van der Waals surface area contributed by atoms with E-state index in [1.54, 1.807) is 0 Å². The summed E-state index contributed by atoms with van der Waals surface area (Å²) < 4.78 is 7.70. The second kappa shape index (κ2) is 8.49. The van der Waals surface area contributed by atoms with E-state index >= 15 is 0 Å². The van der Waals surface area contributed by atoms with Crippen LogP contribution in [0.4, 0.5) is 10.6 Å². The molecule has 1 aliphatic heterocycles. The molecule has 0 unspecified atom stereocenters. The van der Waals surface area contributed by atoms with Crippen molar-refractivity contribution in [3.05, 3.63) is 30.0 Å². The van der Waals surface area contributed by atoms with E-state index in [1.165, 1.54) is 11.2 Å².